The van der Waals surface area contributed by atoms with Gasteiger partial charge < -0.3 is 17.9 Å². The fourth-order valence-electron chi connectivity index (χ4n) is 3.05. The van der Waals surface area contributed by atoms with Crippen molar-refractivity contribution >= 4 is 11.4 Å². The first-order valence-corrected chi connectivity index (χ1v) is 7.30. The van der Waals surface area contributed by atoms with Crippen molar-refractivity contribution < 1.29 is 20.4 Å². The maximum absolute atomic E-state index is 5.86. The third-order valence-electron chi connectivity index (χ3n) is 4.13. The Morgan fingerprint density at radius 1 is 0.810 bits per heavy atom. The van der Waals surface area contributed by atoms with Gasteiger partial charge >= 0.3 is 0 Å². The van der Waals surface area contributed by atoms with Crippen LogP contribution in [0.1, 0.15) is 37.2 Å². The molecule has 111 valence electrons. The average molecular weight is 452 g/mol. The number of anilines is 2. The van der Waals surface area contributed by atoms with Gasteiger partial charge in [-0.1, -0.05) is 37.1 Å². The fraction of sp³-hybridized carbons (Fsp3) is 0.278. The van der Waals surface area contributed by atoms with Crippen molar-refractivity contribution in [3.8, 4) is 11.1 Å². The molecule has 2 nitrogen and oxygen atoms in total. The molecule has 2 aromatic carbocycles. The molecule has 1 saturated carbocycles. The Kier molecular flexibility index (Phi) is 5.45. The molecule has 1 aliphatic rings. The molecule has 3 heteroatoms. The summed E-state index contributed by atoms with van der Waals surface area (Å²) in [6.45, 7) is 0. The second kappa shape index (κ2) is 7.11. The van der Waals surface area contributed by atoms with Gasteiger partial charge in [0.25, 0.3) is 0 Å². The standard InChI is InChI=1S/C18H21N2.Re/c19-17-10-16(11-18(20)12-17)15-8-6-14(7-9-15)13-4-2-1-3-5-13;/h1,6-13H,2-5,19-20H2;/q-1;. The van der Waals surface area contributed by atoms with Gasteiger partial charge in [-0.05, 0) is 40.8 Å². The molecule has 3 rings (SSSR count). The predicted octanol–water partition coefficient (Wildman–Crippen LogP) is 4.38. The second-order valence-corrected chi connectivity index (χ2v) is 5.65. The quantitative estimate of drug-likeness (QED) is 0.526. The van der Waals surface area contributed by atoms with E-state index in [-0.39, 0.29) is 20.4 Å². The van der Waals surface area contributed by atoms with Crippen molar-refractivity contribution in [2.45, 2.75) is 31.6 Å². The zero-order valence-electron chi connectivity index (χ0n) is 12.1. The molecule has 1 fully saturated rings. The summed E-state index contributed by atoms with van der Waals surface area (Å²) in [6, 6.07) is 14.6. The minimum Gasteiger partial charge on any atom is -0.399 e. The van der Waals surface area contributed by atoms with Crippen LogP contribution in [-0.4, -0.2) is 0 Å². The third kappa shape index (κ3) is 3.87. The van der Waals surface area contributed by atoms with Gasteiger partial charge in [0, 0.05) is 31.8 Å². The summed E-state index contributed by atoms with van der Waals surface area (Å²) in [5.41, 5.74) is 16.9. The smallest absolute Gasteiger partial charge is 0.0340 e. The van der Waals surface area contributed by atoms with Crippen molar-refractivity contribution in [1.82, 2.24) is 0 Å². The van der Waals surface area contributed by atoms with E-state index in [1.807, 2.05) is 12.1 Å². The molecule has 0 heterocycles. The van der Waals surface area contributed by atoms with Crippen molar-refractivity contribution in [1.29, 1.82) is 0 Å². The van der Waals surface area contributed by atoms with Gasteiger partial charge in [-0.25, -0.2) is 0 Å². The van der Waals surface area contributed by atoms with Crippen LogP contribution in [0.5, 0.6) is 0 Å². The molecule has 0 bridgehead atoms. The van der Waals surface area contributed by atoms with Crippen LogP contribution in [-0.2, 0) is 20.4 Å². The van der Waals surface area contributed by atoms with Gasteiger partial charge in [0.2, 0.25) is 0 Å². The van der Waals surface area contributed by atoms with Gasteiger partial charge in [-0.15, -0.1) is 0 Å². The number of nitrogens with two attached hydrogens (primary N) is 2. The third-order valence-corrected chi connectivity index (χ3v) is 4.13. The van der Waals surface area contributed by atoms with Crippen LogP contribution in [0.15, 0.2) is 42.5 Å². The van der Waals surface area contributed by atoms with Crippen LogP contribution < -0.4 is 11.5 Å². The zero-order valence-corrected chi connectivity index (χ0v) is 14.8. The van der Waals surface area contributed by atoms with Crippen molar-refractivity contribution in [2.75, 3.05) is 11.5 Å². The van der Waals surface area contributed by atoms with Gasteiger partial charge in [0.15, 0.2) is 0 Å². The first-order valence-electron chi connectivity index (χ1n) is 7.30. The molecule has 0 aromatic heterocycles. The Hall–Kier alpha value is -1.30. The van der Waals surface area contributed by atoms with E-state index < -0.39 is 0 Å². The number of hydrogen-bond donors (Lipinski definition) is 2. The van der Waals surface area contributed by atoms with Gasteiger partial charge in [0.05, 0.1) is 0 Å². The maximum atomic E-state index is 5.86. The van der Waals surface area contributed by atoms with Crippen LogP contribution in [0.2, 0.25) is 0 Å². The van der Waals surface area contributed by atoms with E-state index in [1.54, 1.807) is 6.07 Å². The average Bonchev–Trinajstić information content (AvgIpc) is 2.47. The first-order chi connectivity index (χ1) is 9.72. The van der Waals surface area contributed by atoms with E-state index in [1.165, 1.54) is 36.8 Å². The maximum Gasteiger partial charge on any atom is 0.0340 e. The Morgan fingerprint density at radius 2 is 1.38 bits per heavy atom. The van der Waals surface area contributed by atoms with Crippen molar-refractivity contribution in [3.05, 3.63) is 54.4 Å². The summed E-state index contributed by atoms with van der Waals surface area (Å²) in [4.78, 5) is 0. The monoisotopic (exact) mass is 452 g/mol. The second-order valence-electron chi connectivity index (χ2n) is 5.65. The van der Waals surface area contributed by atoms with Gasteiger partial charge in [-0.3, -0.25) is 0 Å². The number of rotatable bonds is 2. The van der Waals surface area contributed by atoms with Crippen LogP contribution in [0.4, 0.5) is 11.4 Å². The fourth-order valence-corrected chi connectivity index (χ4v) is 3.05. The van der Waals surface area contributed by atoms with E-state index in [0.717, 1.165) is 11.5 Å². The molecular formula is C18H21N2Re-. The molecule has 0 amide bonds. The van der Waals surface area contributed by atoms with Crippen molar-refractivity contribution in [3.63, 3.8) is 0 Å². The molecule has 0 aliphatic heterocycles. The summed E-state index contributed by atoms with van der Waals surface area (Å²) in [7, 11) is 0. The van der Waals surface area contributed by atoms with Crippen LogP contribution in [0, 0.1) is 6.42 Å². The van der Waals surface area contributed by atoms with Crippen molar-refractivity contribution in [2.24, 2.45) is 0 Å². The molecule has 0 atom stereocenters. The van der Waals surface area contributed by atoms with E-state index >= 15 is 0 Å². The Labute approximate surface area is 140 Å². The number of benzene rings is 2. The summed E-state index contributed by atoms with van der Waals surface area (Å²) in [6.07, 6.45) is 7.46. The summed E-state index contributed by atoms with van der Waals surface area (Å²) >= 11 is 0. The molecule has 21 heavy (non-hydrogen) atoms. The van der Waals surface area contributed by atoms with E-state index in [2.05, 4.69) is 30.7 Å². The van der Waals surface area contributed by atoms with Crippen LogP contribution in [0.3, 0.4) is 0 Å². The molecule has 1 aliphatic carbocycles. The van der Waals surface area contributed by atoms with Gasteiger partial charge in [0.1, 0.15) is 0 Å². The SMILES string of the molecule is Nc1cc(N)cc(-c2ccc(C3CC[CH-]CC3)cc2)c1.[Re]. The summed E-state index contributed by atoms with van der Waals surface area (Å²) in [5, 5.41) is 0. The summed E-state index contributed by atoms with van der Waals surface area (Å²) in [5.74, 6) is 0.722. The van der Waals surface area contributed by atoms with Crippen LogP contribution >= 0.6 is 0 Å². The Morgan fingerprint density at radius 3 is 1.95 bits per heavy atom. The van der Waals surface area contributed by atoms with Crippen LogP contribution in [0.25, 0.3) is 11.1 Å². The normalized spacial score (nSPS) is 15.4. The first kappa shape index (κ1) is 16.1. The largest absolute Gasteiger partial charge is 0.399 e. The predicted molar refractivity (Wildman–Crippen MR) is 86.2 cm³/mol. The van der Waals surface area contributed by atoms with E-state index in [9.17, 15) is 0 Å². The zero-order chi connectivity index (χ0) is 13.9. The van der Waals surface area contributed by atoms with E-state index in [4.69, 9.17) is 11.5 Å². The molecule has 0 saturated heterocycles. The number of hydrogen-bond acceptors (Lipinski definition) is 2. The number of nitrogen functional groups attached to an aromatic ring is 2. The molecule has 1 radical (unpaired) electrons. The van der Waals surface area contributed by atoms with E-state index in [0.29, 0.717) is 11.4 Å². The summed E-state index contributed by atoms with van der Waals surface area (Å²) < 4.78 is 0. The molecule has 0 spiro atoms. The Balaban J connectivity index is 0.00000161. The molecule has 2 aromatic rings. The minimum absolute atomic E-state index is 0. The molecule has 4 N–H and O–H groups in total. The topological polar surface area (TPSA) is 52.0 Å². The molecule has 0 unspecified atom stereocenters. The molecular weight excluding hydrogens is 430 g/mol. The minimum atomic E-state index is 0. The Bertz CT molecular complexity index is 566. The van der Waals surface area contributed by atoms with Gasteiger partial charge in [-0.2, -0.15) is 12.8 Å².